The van der Waals surface area contributed by atoms with Crippen LogP contribution >= 0.6 is 11.3 Å². The summed E-state index contributed by atoms with van der Waals surface area (Å²) in [4.78, 5) is 17.4. The number of carbonyl (C=O) groups is 1. The summed E-state index contributed by atoms with van der Waals surface area (Å²) in [6.07, 6.45) is 3.72. The van der Waals surface area contributed by atoms with Gasteiger partial charge in [0.2, 0.25) is 0 Å². The van der Waals surface area contributed by atoms with Crippen molar-refractivity contribution < 1.29 is 4.79 Å². The fourth-order valence-electron chi connectivity index (χ4n) is 2.89. The zero-order valence-corrected chi connectivity index (χ0v) is 14.1. The summed E-state index contributed by atoms with van der Waals surface area (Å²) in [6.45, 7) is 2.47. The van der Waals surface area contributed by atoms with Crippen LogP contribution in [0.5, 0.6) is 0 Å². The fraction of sp³-hybridized carbons (Fsp3) is 0.235. The number of aryl methyl sites for hydroxylation is 2. The molecule has 1 aromatic carbocycles. The van der Waals surface area contributed by atoms with E-state index in [-0.39, 0.29) is 6.03 Å². The second-order valence-corrected chi connectivity index (χ2v) is 6.54. The van der Waals surface area contributed by atoms with Gasteiger partial charge in [-0.1, -0.05) is 29.5 Å². The van der Waals surface area contributed by atoms with Gasteiger partial charge in [-0.3, -0.25) is 5.32 Å². The lowest BCUT2D eigenvalue weighted by molar-refractivity contribution is 0.252. The Labute approximate surface area is 143 Å². The average molecular weight is 339 g/mol. The Hall–Kier alpha value is -2.67. The fourth-order valence-corrected chi connectivity index (χ4v) is 3.96. The van der Waals surface area contributed by atoms with Crippen molar-refractivity contribution in [2.75, 3.05) is 11.9 Å². The maximum atomic E-state index is 11.7. The molecule has 0 atom stereocenters. The molecule has 4 rings (SSSR count). The molecule has 0 saturated heterocycles. The van der Waals surface area contributed by atoms with E-state index in [0.717, 1.165) is 34.8 Å². The van der Waals surface area contributed by atoms with Crippen molar-refractivity contribution >= 4 is 22.5 Å². The molecule has 0 bridgehead atoms. The minimum Gasteiger partial charge on any atom is -0.338 e. The van der Waals surface area contributed by atoms with Gasteiger partial charge in [-0.15, -0.1) is 0 Å². The first kappa shape index (κ1) is 14.9. The predicted octanol–water partition coefficient (Wildman–Crippen LogP) is 3.24. The molecule has 0 unspecified atom stereocenters. The Morgan fingerprint density at radius 1 is 1.29 bits per heavy atom. The standard InChI is InChI=1S/C17H17N5OS/c1-2-18-16(23)21-17-20-13-9-8-11-10-19-22(14(11)15(13)24-17)12-6-4-3-5-7-12/h3-7,10H,2,8-9H2,1H3,(H2,18,20,21,23). The number of nitrogens with one attached hydrogen (secondary N) is 2. The molecule has 0 saturated carbocycles. The van der Waals surface area contributed by atoms with Gasteiger partial charge in [0.15, 0.2) is 5.13 Å². The number of carbonyl (C=O) groups excluding carboxylic acids is 1. The SMILES string of the molecule is CCNC(=O)Nc1nc2c(s1)-c1c(cnn1-c1ccccc1)CC2. The van der Waals surface area contributed by atoms with Crippen LogP contribution in [0.15, 0.2) is 36.5 Å². The molecular formula is C17H17N5OS. The topological polar surface area (TPSA) is 71.8 Å². The molecule has 1 aliphatic rings. The Balaban J connectivity index is 1.74. The first-order chi connectivity index (χ1) is 11.8. The second-order valence-electron chi connectivity index (χ2n) is 5.55. The van der Waals surface area contributed by atoms with Crippen LogP contribution in [-0.2, 0) is 12.8 Å². The number of hydrogen-bond donors (Lipinski definition) is 2. The summed E-state index contributed by atoms with van der Waals surface area (Å²) in [6, 6.07) is 9.85. The van der Waals surface area contributed by atoms with Crippen LogP contribution in [-0.4, -0.2) is 27.3 Å². The van der Waals surface area contributed by atoms with Gasteiger partial charge in [-0.25, -0.2) is 14.5 Å². The molecule has 2 heterocycles. The number of fused-ring (bicyclic) bond motifs is 3. The van der Waals surface area contributed by atoms with Gasteiger partial charge in [0, 0.05) is 6.54 Å². The van der Waals surface area contributed by atoms with E-state index in [1.807, 2.05) is 48.1 Å². The van der Waals surface area contributed by atoms with Crippen molar-refractivity contribution in [1.29, 1.82) is 0 Å². The molecule has 122 valence electrons. The molecule has 24 heavy (non-hydrogen) atoms. The highest BCUT2D eigenvalue weighted by Crippen LogP contribution is 2.40. The molecule has 6 nitrogen and oxygen atoms in total. The van der Waals surface area contributed by atoms with Crippen molar-refractivity contribution in [1.82, 2.24) is 20.1 Å². The maximum Gasteiger partial charge on any atom is 0.321 e. The third kappa shape index (κ3) is 2.56. The third-order valence-corrected chi connectivity index (χ3v) is 4.97. The van der Waals surface area contributed by atoms with Crippen molar-refractivity contribution in [3.8, 4) is 16.3 Å². The molecule has 0 aliphatic heterocycles. The highest BCUT2D eigenvalue weighted by molar-refractivity contribution is 7.19. The molecule has 1 aliphatic carbocycles. The lowest BCUT2D eigenvalue weighted by Gasteiger charge is -2.13. The zero-order valence-electron chi connectivity index (χ0n) is 13.2. The largest absolute Gasteiger partial charge is 0.338 e. The van der Waals surface area contributed by atoms with Crippen molar-refractivity contribution in [3.05, 3.63) is 47.8 Å². The van der Waals surface area contributed by atoms with Gasteiger partial charge < -0.3 is 5.32 Å². The minimum atomic E-state index is -0.222. The molecule has 2 aromatic heterocycles. The molecule has 7 heteroatoms. The molecule has 3 aromatic rings. The van der Waals surface area contributed by atoms with Gasteiger partial charge in [0.05, 0.1) is 28.1 Å². The molecule has 0 spiro atoms. The second kappa shape index (κ2) is 6.09. The number of hydrogen-bond acceptors (Lipinski definition) is 4. The first-order valence-corrected chi connectivity index (χ1v) is 8.75. The van der Waals surface area contributed by atoms with Crippen molar-refractivity contribution in [2.24, 2.45) is 0 Å². The molecule has 0 radical (unpaired) electrons. The van der Waals surface area contributed by atoms with Gasteiger partial charge >= 0.3 is 6.03 Å². The van der Waals surface area contributed by atoms with Gasteiger partial charge in [-0.2, -0.15) is 5.10 Å². The monoisotopic (exact) mass is 339 g/mol. The van der Waals surface area contributed by atoms with Crippen LogP contribution in [0.2, 0.25) is 0 Å². The Morgan fingerprint density at radius 2 is 2.12 bits per heavy atom. The van der Waals surface area contributed by atoms with E-state index in [4.69, 9.17) is 0 Å². The first-order valence-electron chi connectivity index (χ1n) is 7.93. The van der Waals surface area contributed by atoms with Crippen LogP contribution in [0.3, 0.4) is 0 Å². The van der Waals surface area contributed by atoms with E-state index in [2.05, 4.69) is 20.7 Å². The highest BCUT2D eigenvalue weighted by Gasteiger charge is 2.26. The number of urea groups is 1. The summed E-state index contributed by atoms with van der Waals surface area (Å²) < 4.78 is 1.96. The number of anilines is 1. The van der Waals surface area contributed by atoms with Crippen molar-refractivity contribution in [3.63, 3.8) is 0 Å². The van der Waals surface area contributed by atoms with Crippen LogP contribution in [0.4, 0.5) is 9.93 Å². The van der Waals surface area contributed by atoms with E-state index in [9.17, 15) is 4.79 Å². The van der Waals surface area contributed by atoms with E-state index in [1.165, 1.54) is 16.9 Å². The van der Waals surface area contributed by atoms with Crippen LogP contribution in [0.25, 0.3) is 16.3 Å². The Bertz CT molecular complexity index is 884. The predicted molar refractivity (Wildman–Crippen MR) is 94.8 cm³/mol. The van der Waals surface area contributed by atoms with E-state index >= 15 is 0 Å². The van der Waals surface area contributed by atoms with Gasteiger partial charge in [0.1, 0.15) is 0 Å². The van der Waals surface area contributed by atoms with Gasteiger partial charge in [0.25, 0.3) is 0 Å². The number of amides is 2. The normalized spacial score (nSPS) is 12.4. The van der Waals surface area contributed by atoms with Crippen LogP contribution in [0.1, 0.15) is 18.2 Å². The summed E-state index contributed by atoms with van der Waals surface area (Å²) in [5.41, 5.74) is 4.36. The zero-order chi connectivity index (χ0) is 16.5. The Morgan fingerprint density at radius 3 is 2.92 bits per heavy atom. The number of para-hydroxylation sites is 1. The van der Waals surface area contributed by atoms with Crippen LogP contribution in [0, 0.1) is 0 Å². The van der Waals surface area contributed by atoms with E-state index < -0.39 is 0 Å². The van der Waals surface area contributed by atoms with Crippen LogP contribution < -0.4 is 10.6 Å². The minimum absolute atomic E-state index is 0.222. The summed E-state index contributed by atoms with van der Waals surface area (Å²) in [7, 11) is 0. The number of thiazole rings is 1. The number of aromatic nitrogens is 3. The smallest absolute Gasteiger partial charge is 0.321 e. The summed E-state index contributed by atoms with van der Waals surface area (Å²) in [5.74, 6) is 0. The molecule has 2 amide bonds. The average Bonchev–Trinajstić information content (AvgIpc) is 3.18. The van der Waals surface area contributed by atoms with E-state index in [1.54, 1.807) is 0 Å². The van der Waals surface area contributed by atoms with E-state index in [0.29, 0.717) is 11.7 Å². The lowest BCUT2D eigenvalue weighted by atomic mass is 10.0. The quantitative estimate of drug-likeness (QED) is 0.769. The third-order valence-electron chi connectivity index (χ3n) is 3.95. The van der Waals surface area contributed by atoms with Gasteiger partial charge in [-0.05, 0) is 37.5 Å². The summed E-state index contributed by atoms with van der Waals surface area (Å²) >= 11 is 1.50. The maximum absolute atomic E-state index is 11.7. The number of rotatable bonds is 3. The summed E-state index contributed by atoms with van der Waals surface area (Å²) in [5, 5.41) is 10.7. The number of benzene rings is 1. The molecule has 0 fully saturated rings. The molecular weight excluding hydrogens is 322 g/mol. The highest BCUT2D eigenvalue weighted by atomic mass is 32.1. The van der Waals surface area contributed by atoms with Crippen molar-refractivity contribution in [2.45, 2.75) is 19.8 Å². The lowest BCUT2D eigenvalue weighted by Crippen LogP contribution is -2.28. The molecule has 2 N–H and O–H groups in total. The number of nitrogens with zero attached hydrogens (tertiary/aromatic N) is 3. The Kier molecular flexibility index (Phi) is 3.78.